The third-order valence-corrected chi connectivity index (χ3v) is 2.83. The van der Waals surface area contributed by atoms with Gasteiger partial charge in [0.25, 0.3) is 0 Å². The van der Waals surface area contributed by atoms with E-state index in [1.54, 1.807) is 6.92 Å². The predicted octanol–water partition coefficient (Wildman–Crippen LogP) is 2.74. The first-order valence-corrected chi connectivity index (χ1v) is 6.73. The van der Waals surface area contributed by atoms with E-state index in [1.807, 2.05) is 32.0 Å². The Morgan fingerprint density at radius 3 is 2.68 bits per heavy atom. The largest absolute Gasteiger partial charge is 0.494 e. The number of ether oxygens (including phenoxy) is 2. The number of esters is 1. The van der Waals surface area contributed by atoms with Gasteiger partial charge in [0.15, 0.2) is 0 Å². The molecule has 0 aliphatic rings. The highest BCUT2D eigenvalue weighted by molar-refractivity contribution is 5.69. The summed E-state index contributed by atoms with van der Waals surface area (Å²) < 4.78 is 10.5. The molecular formula is C15H23NO3. The molecule has 2 N–H and O–H groups in total. The van der Waals surface area contributed by atoms with Crippen molar-refractivity contribution in [2.75, 3.05) is 13.2 Å². The topological polar surface area (TPSA) is 61.5 Å². The number of aryl methyl sites for hydroxylation is 1. The molecule has 4 nitrogen and oxygen atoms in total. The van der Waals surface area contributed by atoms with Crippen LogP contribution in [0.25, 0.3) is 0 Å². The van der Waals surface area contributed by atoms with Crippen molar-refractivity contribution in [3.8, 4) is 5.75 Å². The fourth-order valence-corrected chi connectivity index (χ4v) is 1.91. The third-order valence-electron chi connectivity index (χ3n) is 2.83. The van der Waals surface area contributed by atoms with Crippen molar-refractivity contribution in [3.05, 3.63) is 29.3 Å². The van der Waals surface area contributed by atoms with Gasteiger partial charge >= 0.3 is 5.97 Å². The zero-order valence-electron chi connectivity index (χ0n) is 11.9. The standard InChI is InChI=1S/C15H23NO3/c1-4-18-14-8-6-11(3)10-12(14)13(16)7-9-15(17)19-5-2/h6,8,10,13H,4-5,7,9,16H2,1-3H3. The van der Waals surface area contributed by atoms with Crippen LogP contribution in [0.1, 0.15) is 43.9 Å². The molecule has 0 bridgehead atoms. The molecule has 1 unspecified atom stereocenters. The molecular weight excluding hydrogens is 242 g/mol. The smallest absolute Gasteiger partial charge is 0.305 e. The van der Waals surface area contributed by atoms with Crippen molar-refractivity contribution >= 4 is 5.97 Å². The summed E-state index contributed by atoms with van der Waals surface area (Å²) in [5.74, 6) is 0.591. The molecule has 0 spiro atoms. The van der Waals surface area contributed by atoms with Crippen molar-refractivity contribution in [3.63, 3.8) is 0 Å². The quantitative estimate of drug-likeness (QED) is 0.770. The van der Waals surface area contributed by atoms with Gasteiger partial charge in [0.05, 0.1) is 13.2 Å². The number of rotatable bonds is 7. The van der Waals surface area contributed by atoms with Crippen LogP contribution >= 0.6 is 0 Å². The lowest BCUT2D eigenvalue weighted by atomic mass is 10.00. The molecule has 1 aromatic carbocycles. The highest BCUT2D eigenvalue weighted by Crippen LogP contribution is 2.27. The van der Waals surface area contributed by atoms with Gasteiger partial charge < -0.3 is 15.2 Å². The van der Waals surface area contributed by atoms with E-state index in [0.29, 0.717) is 26.1 Å². The van der Waals surface area contributed by atoms with Gasteiger partial charge in [-0.25, -0.2) is 0 Å². The zero-order valence-corrected chi connectivity index (χ0v) is 11.9. The summed E-state index contributed by atoms with van der Waals surface area (Å²) in [4.78, 5) is 11.3. The first-order valence-electron chi connectivity index (χ1n) is 6.73. The second-order valence-electron chi connectivity index (χ2n) is 4.42. The van der Waals surface area contributed by atoms with Crippen molar-refractivity contribution in [1.29, 1.82) is 0 Å². The van der Waals surface area contributed by atoms with Crippen LogP contribution in [0, 0.1) is 6.92 Å². The molecule has 0 fully saturated rings. The van der Waals surface area contributed by atoms with Crippen molar-refractivity contribution < 1.29 is 14.3 Å². The van der Waals surface area contributed by atoms with Crippen LogP contribution in [-0.2, 0) is 9.53 Å². The third kappa shape index (κ3) is 4.91. The highest BCUT2D eigenvalue weighted by Gasteiger charge is 2.14. The van der Waals surface area contributed by atoms with Gasteiger partial charge in [-0.05, 0) is 33.3 Å². The molecule has 1 atom stereocenters. The van der Waals surface area contributed by atoms with Gasteiger partial charge in [0.1, 0.15) is 5.75 Å². The van der Waals surface area contributed by atoms with Gasteiger partial charge in [-0.1, -0.05) is 17.7 Å². The number of hydrogen-bond donors (Lipinski definition) is 1. The number of nitrogens with two attached hydrogens (primary N) is 1. The van der Waals surface area contributed by atoms with Gasteiger partial charge in [0, 0.05) is 18.0 Å². The predicted molar refractivity (Wildman–Crippen MR) is 75.1 cm³/mol. The van der Waals surface area contributed by atoms with E-state index in [-0.39, 0.29) is 12.0 Å². The van der Waals surface area contributed by atoms with Crippen LogP contribution in [0.3, 0.4) is 0 Å². The summed E-state index contributed by atoms with van der Waals surface area (Å²) in [6.45, 7) is 6.75. The minimum absolute atomic E-state index is 0.205. The van der Waals surface area contributed by atoms with Crippen LogP contribution in [0.5, 0.6) is 5.75 Å². The molecule has 4 heteroatoms. The van der Waals surface area contributed by atoms with Crippen molar-refractivity contribution in [2.45, 2.75) is 39.7 Å². The van der Waals surface area contributed by atoms with Crippen LogP contribution in [0.15, 0.2) is 18.2 Å². The van der Waals surface area contributed by atoms with Crippen molar-refractivity contribution in [1.82, 2.24) is 0 Å². The van der Waals surface area contributed by atoms with Gasteiger partial charge in [0.2, 0.25) is 0 Å². The van der Waals surface area contributed by atoms with Gasteiger partial charge in [-0.2, -0.15) is 0 Å². The van der Waals surface area contributed by atoms with Crippen LogP contribution in [0.2, 0.25) is 0 Å². The Kier molecular flexibility index (Phi) is 6.36. The summed E-state index contributed by atoms with van der Waals surface area (Å²) in [5.41, 5.74) is 8.23. The SMILES string of the molecule is CCOC(=O)CCC(N)c1cc(C)ccc1OCC. The maximum absolute atomic E-state index is 11.3. The van der Waals surface area contributed by atoms with E-state index in [9.17, 15) is 4.79 Å². The molecule has 0 saturated heterocycles. The molecule has 19 heavy (non-hydrogen) atoms. The molecule has 0 aromatic heterocycles. The number of benzene rings is 1. The van der Waals surface area contributed by atoms with E-state index in [2.05, 4.69) is 0 Å². The molecule has 0 heterocycles. The summed E-state index contributed by atoms with van der Waals surface area (Å²) in [5, 5.41) is 0. The Balaban J connectivity index is 2.71. The second-order valence-corrected chi connectivity index (χ2v) is 4.42. The van der Waals surface area contributed by atoms with Gasteiger partial charge in [-0.15, -0.1) is 0 Å². The number of carbonyl (C=O) groups excluding carboxylic acids is 1. The highest BCUT2D eigenvalue weighted by atomic mass is 16.5. The Bertz CT molecular complexity index is 418. The molecule has 106 valence electrons. The molecule has 0 saturated carbocycles. The Hall–Kier alpha value is -1.55. The average molecular weight is 265 g/mol. The van der Waals surface area contributed by atoms with E-state index in [4.69, 9.17) is 15.2 Å². The molecule has 0 amide bonds. The van der Waals surface area contributed by atoms with E-state index < -0.39 is 0 Å². The second kappa shape index (κ2) is 7.79. The normalized spacial score (nSPS) is 12.0. The van der Waals surface area contributed by atoms with E-state index >= 15 is 0 Å². The molecule has 1 rings (SSSR count). The minimum Gasteiger partial charge on any atom is -0.494 e. The minimum atomic E-state index is -0.217. The first kappa shape index (κ1) is 15.5. The molecule has 0 aliphatic heterocycles. The average Bonchev–Trinajstić information content (AvgIpc) is 2.38. The summed E-state index contributed by atoms with van der Waals surface area (Å²) >= 11 is 0. The monoisotopic (exact) mass is 265 g/mol. The van der Waals surface area contributed by atoms with Crippen LogP contribution in [0.4, 0.5) is 0 Å². The first-order chi connectivity index (χ1) is 9.08. The number of carbonyl (C=O) groups is 1. The van der Waals surface area contributed by atoms with Crippen molar-refractivity contribution in [2.24, 2.45) is 5.73 Å². The number of hydrogen-bond acceptors (Lipinski definition) is 4. The lowest BCUT2D eigenvalue weighted by molar-refractivity contribution is -0.143. The van der Waals surface area contributed by atoms with E-state index in [1.165, 1.54) is 0 Å². The lowest BCUT2D eigenvalue weighted by Gasteiger charge is -2.17. The Morgan fingerprint density at radius 1 is 1.32 bits per heavy atom. The molecule has 1 aromatic rings. The Labute approximate surface area is 114 Å². The molecule has 0 radical (unpaired) electrons. The van der Waals surface area contributed by atoms with E-state index in [0.717, 1.165) is 16.9 Å². The van der Waals surface area contributed by atoms with Crippen LogP contribution < -0.4 is 10.5 Å². The fourth-order valence-electron chi connectivity index (χ4n) is 1.91. The lowest BCUT2D eigenvalue weighted by Crippen LogP contribution is -2.15. The maximum Gasteiger partial charge on any atom is 0.305 e. The summed E-state index contributed by atoms with van der Waals surface area (Å²) in [6.07, 6.45) is 0.886. The summed E-state index contributed by atoms with van der Waals surface area (Å²) in [6, 6.07) is 5.72. The van der Waals surface area contributed by atoms with Crippen LogP contribution in [-0.4, -0.2) is 19.2 Å². The molecule has 0 aliphatic carbocycles. The van der Waals surface area contributed by atoms with Gasteiger partial charge in [-0.3, -0.25) is 4.79 Å². The fraction of sp³-hybridized carbons (Fsp3) is 0.533. The maximum atomic E-state index is 11.3. The summed E-state index contributed by atoms with van der Waals surface area (Å²) in [7, 11) is 0. The zero-order chi connectivity index (χ0) is 14.3. The Morgan fingerprint density at radius 2 is 2.05 bits per heavy atom.